The second-order valence-corrected chi connectivity index (χ2v) is 12.7. The summed E-state index contributed by atoms with van der Waals surface area (Å²) in [5, 5.41) is 12.7. The summed E-state index contributed by atoms with van der Waals surface area (Å²) in [4.78, 5) is 42.0. The number of carboxylic acids is 1. The molecule has 45 heavy (non-hydrogen) atoms. The summed E-state index contributed by atoms with van der Waals surface area (Å²) in [6.07, 6.45) is 4.52. The molecule has 2 aromatic carbocycles. The van der Waals surface area contributed by atoms with Crippen LogP contribution in [0, 0.1) is 11.7 Å². The van der Waals surface area contributed by atoms with Gasteiger partial charge in [0.1, 0.15) is 17.7 Å². The number of carbonyl (C=O) groups excluding carboxylic acids is 2. The molecule has 2 amide bonds. The smallest absolute Gasteiger partial charge is 0.306 e. The molecule has 3 aromatic rings. The van der Waals surface area contributed by atoms with Crippen molar-refractivity contribution in [3.63, 3.8) is 0 Å². The summed E-state index contributed by atoms with van der Waals surface area (Å²) < 4.78 is 32.5. The highest BCUT2D eigenvalue weighted by atomic mass is 35.5. The lowest BCUT2D eigenvalue weighted by Crippen LogP contribution is -2.56. The molecule has 3 heterocycles. The molecule has 12 heteroatoms. The number of nitrogens with zero attached hydrogens (tertiary/aromatic N) is 2. The van der Waals surface area contributed by atoms with E-state index >= 15 is 4.39 Å². The van der Waals surface area contributed by atoms with Gasteiger partial charge in [-0.1, -0.05) is 29.8 Å². The number of para-hydroxylation sites is 1. The topological polar surface area (TPSA) is 122 Å². The van der Waals surface area contributed by atoms with Crippen molar-refractivity contribution in [1.82, 2.24) is 9.80 Å². The van der Waals surface area contributed by atoms with Crippen LogP contribution in [0.3, 0.4) is 0 Å². The first-order valence-corrected chi connectivity index (χ1v) is 15.7. The first-order valence-electron chi connectivity index (χ1n) is 15.4. The number of furan rings is 1. The van der Waals surface area contributed by atoms with E-state index in [2.05, 4.69) is 10.2 Å². The normalized spacial score (nSPS) is 24.1. The maximum atomic E-state index is 15.4. The van der Waals surface area contributed by atoms with Gasteiger partial charge in [0, 0.05) is 38.2 Å². The molecule has 2 N–H and O–H groups in total. The van der Waals surface area contributed by atoms with Crippen molar-refractivity contribution in [1.29, 1.82) is 0 Å². The number of fused-ring (bicyclic) bond motifs is 1. The molecule has 3 aliphatic rings. The number of likely N-dealkylation sites (tertiary alicyclic amines) is 2. The minimum atomic E-state index is -0.762. The van der Waals surface area contributed by atoms with Crippen LogP contribution in [0.1, 0.15) is 48.0 Å². The number of amides is 2. The van der Waals surface area contributed by atoms with Crippen molar-refractivity contribution in [3.8, 4) is 0 Å². The highest BCUT2D eigenvalue weighted by molar-refractivity contribution is 6.34. The number of carbonyl (C=O) groups is 3. The Kier molecular flexibility index (Phi) is 9.41. The third-order valence-corrected chi connectivity index (χ3v) is 9.75. The number of aliphatic carboxylic acids is 1. The van der Waals surface area contributed by atoms with E-state index in [4.69, 9.17) is 25.5 Å². The van der Waals surface area contributed by atoms with Gasteiger partial charge in [0.25, 0.3) is 5.91 Å². The number of anilines is 1. The molecule has 1 aromatic heterocycles. The Morgan fingerprint density at radius 1 is 1.09 bits per heavy atom. The van der Waals surface area contributed by atoms with Gasteiger partial charge < -0.3 is 29.2 Å². The van der Waals surface area contributed by atoms with Crippen LogP contribution < -0.4 is 5.32 Å². The van der Waals surface area contributed by atoms with E-state index in [0.717, 1.165) is 25.6 Å². The summed E-state index contributed by atoms with van der Waals surface area (Å²) in [5.74, 6) is -2.46. The Morgan fingerprint density at radius 3 is 2.58 bits per heavy atom. The lowest BCUT2D eigenvalue weighted by Gasteiger charge is -2.42. The van der Waals surface area contributed by atoms with E-state index in [1.54, 1.807) is 36.3 Å². The lowest BCUT2D eigenvalue weighted by atomic mass is 9.87. The molecule has 2 atom stereocenters. The van der Waals surface area contributed by atoms with Crippen molar-refractivity contribution < 1.29 is 37.8 Å². The summed E-state index contributed by atoms with van der Waals surface area (Å²) in [5.41, 5.74) is 1.08. The molecule has 1 aliphatic carbocycles. The molecule has 1 unspecified atom stereocenters. The van der Waals surface area contributed by atoms with Gasteiger partial charge in [0.15, 0.2) is 0 Å². The van der Waals surface area contributed by atoms with Crippen LogP contribution in [0.4, 0.5) is 10.1 Å². The van der Waals surface area contributed by atoms with Gasteiger partial charge in [0.2, 0.25) is 5.91 Å². The molecule has 6 rings (SSSR count). The van der Waals surface area contributed by atoms with Crippen LogP contribution in [0.15, 0.2) is 47.1 Å². The lowest BCUT2D eigenvalue weighted by molar-refractivity contribution is -0.144. The van der Waals surface area contributed by atoms with Crippen molar-refractivity contribution in [2.45, 2.75) is 62.8 Å². The van der Waals surface area contributed by atoms with Gasteiger partial charge in [0.05, 0.1) is 53.5 Å². The number of carboxylic acid groups (broad SMARTS) is 1. The quantitative estimate of drug-likeness (QED) is 0.318. The van der Waals surface area contributed by atoms with Crippen molar-refractivity contribution in [2.75, 3.05) is 38.7 Å². The van der Waals surface area contributed by atoms with Gasteiger partial charge in [-0.15, -0.1) is 0 Å². The Balaban J connectivity index is 1.11. The van der Waals surface area contributed by atoms with Crippen molar-refractivity contribution in [3.05, 3.63) is 64.6 Å². The molecule has 0 radical (unpaired) electrons. The van der Waals surface area contributed by atoms with E-state index in [9.17, 15) is 19.5 Å². The monoisotopic (exact) mass is 641 g/mol. The van der Waals surface area contributed by atoms with Crippen LogP contribution >= 0.6 is 11.6 Å². The highest BCUT2D eigenvalue weighted by Gasteiger charge is 2.42. The first kappa shape index (κ1) is 31.5. The number of halogens is 2. The Bertz CT molecular complexity index is 1570. The third kappa shape index (κ3) is 6.86. The average molecular weight is 642 g/mol. The number of hydrogen-bond donors (Lipinski definition) is 2. The third-order valence-electron chi connectivity index (χ3n) is 9.44. The predicted molar refractivity (Wildman–Crippen MR) is 165 cm³/mol. The van der Waals surface area contributed by atoms with E-state index in [1.165, 1.54) is 12.3 Å². The second-order valence-electron chi connectivity index (χ2n) is 12.2. The molecule has 0 spiro atoms. The zero-order valence-corrected chi connectivity index (χ0v) is 25.8. The van der Waals surface area contributed by atoms with Gasteiger partial charge >= 0.3 is 5.97 Å². The van der Waals surface area contributed by atoms with E-state index in [-0.39, 0.29) is 58.8 Å². The second kappa shape index (κ2) is 13.5. The van der Waals surface area contributed by atoms with Crippen LogP contribution in [-0.2, 0) is 25.5 Å². The zero-order chi connectivity index (χ0) is 31.7. The Hall–Kier alpha value is -3.51. The molecule has 0 bridgehead atoms. The summed E-state index contributed by atoms with van der Waals surface area (Å²) >= 11 is 6.48. The van der Waals surface area contributed by atoms with E-state index < -0.39 is 17.7 Å². The largest absolute Gasteiger partial charge is 0.481 e. The van der Waals surface area contributed by atoms with Crippen LogP contribution in [-0.4, -0.2) is 90.3 Å². The minimum Gasteiger partial charge on any atom is -0.481 e. The molecular weight excluding hydrogens is 605 g/mol. The molecule has 240 valence electrons. The number of rotatable bonds is 10. The number of nitrogens with one attached hydrogen (secondary N) is 1. The fraction of sp³-hybridized carbons (Fsp3) is 0.485. The van der Waals surface area contributed by atoms with Crippen LogP contribution in [0.25, 0.3) is 11.0 Å². The Labute approximate surface area is 265 Å². The number of methoxy groups -OCH3 is 1. The van der Waals surface area contributed by atoms with Crippen LogP contribution in [0.5, 0.6) is 0 Å². The molecule has 2 saturated heterocycles. The van der Waals surface area contributed by atoms with Crippen molar-refractivity contribution in [2.24, 2.45) is 5.92 Å². The average Bonchev–Trinajstić information content (AvgIpc) is 3.63. The maximum absolute atomic E-state index is 15.4. The predicted octanol–water partition coefficient (Wildman–Crippen LogP) is 4.98. The highest BCUT2D eigenvalue weighted by Crippen LogP contribution is 2.32. The fourth-order valence-corrected chi connectivity index (χ4v) is 6.92. The fourth-order valence-electron chi connectivity index (χ4n) is 6.69. The number of benzene rings is 2. The maximum Gasteiger partial charge on any atom is 0.306 e. The molecule has 1 saturated carbocycles. The summed E-state index contributed by atoms with van der Waals surface area (Å²) in [6, 6.07) is 9.56. The first-order chi connectivity index (χ1) is 21.7. The molecule has 2 aliphatic heterocycles. The molecule has 3 fully saturated rings. The summed E-state index contributed by atoms with van der Waals surface area (Å²) in [7, 11) is 1.69. The zero-order valence-electron chi connectivity index (χ0n) is 25.0. The van der Waals surface area contributed by atoms with E-state index in [1.807, 2.05) is 0 Å². The van der Waals surface area contributed by atoms with Crippen molar-refractivity contribution >= 4 is 46.0 Å². The van der Waals surface area contributed by atoms with Crippen LogP contribution in [0.2, 0.25) is 5.02 Å². The minimum absolute atomic E-state index is 0.0440. The van der Waals surface area contributed by atoms with E-state index in [0.29, 0.717) is 55.4 Å². The number of hydrogen-bond acceptors (Lipinski definition) is 7. The van der Waals surface area contributed by atoms with Gasteiger partial charge in [-0.2, -0.15) is 0 Å². The van der Waals surface area contributed by atoms with Gasteiger partial charge in [-0.05, 0) is 55.9 Å². The molecular formula is C33H37ClFN3O7. The number of ether oxygens (including phenoxy) is 2. The summed E-state index contributed by atoms with van der Waals surface area (Å²) in [6.45, 7) is 2.42. The molecule has 10 nitrogen and oxygen atoms in total. The standard InChI is InChI=1S/C33H37ClFN3O7/c1-43-24-15-37(16-24)21-12-22(17-44-23-8-6-19(7-9-23)33(41)42)38(14-21)31(39)11-20-10-27(34)29(13-28(20)35)36-32(40)26-18-45-30-5-3-2-4-25(26)30/h2-5,10,13,18-19,21-24H,6-9,11-12,14-17H2,1H3,(H,36,40)(H,41,42)/t19?,21-,22?,23?/m0/s1. The Morgan fingerprint density at radius 2 is 1.84 bits per heavy atom. The van der Waals surface area contributed by atoms with Gasteiger partial charge in [-0.25, -0.2) is 4.39 Å². The SMILES string of the molecule is COC1CN([C@H]2CC(COC3CCC(C(=O)O)CC3)N(C(=O)Cc3cc(Cl)c(NC(=O)c4coc5ccccc45)cc3F)C2)C1. The van der Waals surface area contributed by atoms with Gasteiger partial charge in [-0.3, -0.25) is 19.3 Å².